The predicted octanol–water partition coefficient (Wildman–Crippen LogP) is 2.05. The molecule has 10 bridgehead atoms. The molecule has 0 spiro atoms. The molecule has 9 aromatic rings. The Morgan fingerprint density at radius 1 is 0.316 bits per heavy atom. The van der Waals surface area contributed by atoms with Gasteiger partial charge in [-0.1, -0.05) is 0 Å². The molecule has 0 atom stereocenters. The normalized spacial score (nSPS) is 16.6. The van der Waals surface area contributed by atoms with Crippen molar-refractivity contribution in [1.29, 1.82) is 0 Å². The molecular formula is C48H41N7Se2+4. The van der Waals surface area contributed by atoms with Gasteiger partial charge in [-0.15, -0.1) is 0 Å². The third kappa shape index (κ3) is 6.69. The van der Waals surface area contributed by atoms with E-state index in [-0.39, 0.29) is 29.0 Å². The van der Waals surface area contributed by atoms with Gasteiger partial charge < -0.3 is 0 Å². The van der Waals surface area contributed by atoms with Gasteiger partial charge in [0, 0.05) is 0 Å². The summed E-state index contributed by atoms with van der Waals surface area (Å²) in [5.41, 5.74) is 16.2. The number of hydrogen-bond acceptors (Lipinski definition) is 0. The molecule has 1 aliphatic rings. The number of aromatic nitrogens is 7. The van der Waals surface area contributed by atoms with Gasteiger partial charge in [0.1, 0.15) is 0 Å². The van der Waals surface area contributed by atoms with Crippen molar-refractivity contribution in [3.05, 3.63) is 220 Å². The standard InChI is InChI=1S/C48H41N7Se2/c1-52-23-5-9-31(27-52)45-37-15-13-35(49-37)36-14-16-38(50-36)46(32-10-6-24-53(2)28-32)42-20-22-44(57-42)48(34-12-8-26-55(4)30-34)40-18-17-39(51-40)47(43-21-19-41(45)56-43)33-11-7-25-54(3)29-33/h5-30,49-51H,1-4H3/q+4/b36-35?,45-37?,45-41-,46-38?,46-42-,47-39?,47-43-,48-40?,48-44-. The van der Waals surface area contributed by atoms with Gasteiger partial charge in [0.25, 0.3) is 0 Å². The van der Waals surface area contributed by atoms with E-state index in [1.54, 1.807) is 0 Å². The molecule has 0 radical (unpaired) electrons. The second kappa shape index (κ2) is 14.5. The van der Waals surface area contributed by atoms with Crippen LogP contribution in [0.1, 0.15) is 45.0 Å². The molecule has 9 heteroatoms. The maximum atomic E-state index is 4.00. The number of rotatable bonds is 4. The Hall–Kier alpha value is -6.08. The summed E-state index contributed by atoms with van der Waals surface area (Å²) in [6, 6.07) is 40.4. The van der Waals surface area contributed by atoms with E-state index in [1.807, 2.05) is 0 Å². The molecule has 57 heavy (non-hydrogen) atoms. The van der Waals surface area contributed by atoms with E-state index in [9.17, 15) is 0 Å². The molecule has 0 saturated heterocycles. The number of nitrogens with zero attached hydrogens (tertiary/aromatic N) is 4. The summed E-state index contributed by atoms with van der Waals surface area (Å²) >= 11 is 0.0236. The van der Waals surface area contributed by atoms with Crippen molar-refractivity contribution in [3.63, 3.8) is 0 Å². The van der Waals surface area contributed by atoms with E-state index in [0.717, 1.165) is 34.2 Å². The third-order valence-electron chi connectivity index (χ3n) is 10.5. The molecule has 0 saturated carbocycles. The van der Waals surface area contributed by atoms with Crippen LogP contribution in [0.15, 0.2) is 159 Å². The number of nitrogens with one attached hydrogen (secondary N) is 3. The minimum absolute atomic E-state index is 0.0118. The molecule has 1 aliphatic heterocycles. The van der Waals surface area contributed by atoms with Gasteiger partial charge in [-0.25, -0.2) is 0 Å². The molecule has 10 rings (SSSR count). The van der Waals surface area contributed by atoms with Gasteiger partial charge in [-0.3, -0.25) is 0 Å². The van der Waals surface area contributed by atoms with Crippen LogP contribution in [-0.2, 0) is 28.2 Å². The van der Waals surface area contributed by atoms with E-state index in [1.165, 1.54) is 60.9 Å². The maximum absolute atomic E-state index is 4.00. The fourth-order valence-corrected chi connectivity index (χ4v) is 12.9. The Bertz CT molecular complexity index is 3040. The summed E-state index contributed by atoms with van der Waals surface area (Å²) in [5.74, 6) is 0. The third-order valence-corrected chi connectivity index (χ3v) is 15.2. The molecule has 0 aromatic carbocycles. The number of hydrogen-bond donors (Lipinski definition) is 3. The summed E-state index contributed by atoms with van der Waals surface area (Å²) in [6.07, 6.45) is 17.3. The number of aromatic amines is 3. The zero-order valence-electron chi connectivity index (χ0n) is 32.1. The van der Waals surface area contributed by atoms with Crippen LogP contribution in [0.4, 0.5) is 0 Å². The molecule has 7 nitrogen and oxygen atoms in total. The van der Waals surface area contributed by atoms with Crippen LogP contribution in [0.25, 0.3) is 33.7 Å². The van der Waals surface area contributed by atoms with Crippen molar-refractivity contribution in [2.45, 2.75) is 0 Å². The van der Waals surface area contributed by atoms with Gasteiger partial charge in [-0.05, 0) is 0 Å². The first-order valence-electron chi connectivity index (χ1n) is 19.0. The fourth-order valence-electron chi connectivity index (χ4n) is 7.96. The number of pyridine rings is 4. The van der Waals surface area contributed by atoms with Crippen LogP contribution in [0, 0.1) is 0 Å². The predicted molar refractivity (Wildman–Crippen MR) is 224 cm³/mol. The van der Waals surface area contributed by atoms with Gasteiger partial charge in [0.05, 0.1) is 0 Å². The summed E-state index contributed by atoms with van der Waals surface area (Å²) in [6.45, 7) is 0. The molecule has 0 aliphatic carbocycles. The van der Waals surface area contributed by atoms with Crippen molar-refractivity contribution in [2.75, 3.05) is 0 Å². The van der Waals surface area contributed by atoms with Gasteiger partial charge >= 0.3 is 344 Å². The van der Waals surface area contributed by atoms with Crippen LogP contribution in [0.2, 0.25) is 0 Å². The topological polar surface area (TPSA) is 62.9 Å². The second-order valence-electron chi connectivity index (χ2n) is 14.7. The van der Waals surface area contributed by atoms with Crippen molar-refractivity contribution in [3.8, 4) is 11.4 Å². The van der Waals surface area contributed by atoms with Crippen LogP contribution in [0.5, 0.6) is 0 Å². The summed E-state index contributed by atoms with van der Waals surface area (Å²) in [7, 11) is 8.39. The SMILES string of the molecule is C[n+]1cccc(/C2=c3\cc/c([se]3)=C(\c3ccc[n+](C)c3)c3ccc([nH]3)-c3ccc([nH]3)/C(c3ccc[n+](C)c3)=c3/cc/c([se]3)=C(\c3ccc[n+](C)c3)c3ccc2[nH]3)c1. The van der Waals surface area contributed by atoms with E-state index < -0.39 is 0 Å². The number of H-pyrrole nitrogens is 3. The molecule has 3 N–H and O–H groups in total. The average molecular weight is 874 g/mol. The van der Waals surface area contributed by atoms with Crippen LogP contribution < -0.4 is 34.6 Å². The molecule has 9 aromatic heterocycles. The summed E-state index contributed by atoms with van der Waals surface area (Å²) in [4.78, 5) is 11.7. The Morgan fingerprint density at radius 2 is 0.561 bits per heavy atom. The zero-order chi connectivity index (χ0) is 38.6. The van der Waals surface area contributed by atoms with Gasteiger partial charge in [-0.2, -0.15) is 0 Å². The van der Waals surface area contributed by atoms with Crippen LogP contribution in [0.3, 0.4) is 0 Å². The molecule has 0 amide bonds. The molecule has 276 valence electrons. The Kier molecular flexibility index (Phi) is 8.96. The van der Waals surface area contributed by atoms with Crippen molar-refractivity contribution in [1.82, 2.24) is 15.0 Å². The van der Waals surface area contributed by atoms with Crippen LogP contribution in [-0.4, -0.2) is 44.0 Å². The first kappa shape index (κ1) is 35.3. The van der Waals surface area contributed by atoms with Crippen molar-refractivity contribution < 1.29 is 18.3 Å². The average Bonchev–Trinajstić information content (AvgIpc) is 4.05. The van der Waals surface area contributed by atoms with E-state index in [0.29, 0.717) is 0 Å². The summed E-state index contributed by atoms with van der Waals surface area (Å²) in [5, 5.41) is 0. The number of aryl methyl sites for hydroxylation is 4. The monoisotopic (exact) mass is 875 g/mol. The first-order chi connectivity index (χ1) is 27.8. The molecular weight excluding hydrogens is 832 g/mol. The zero-order valence-corrected chi connectivity index (χ0v) is 35.5. The first-order valence-corrected chi connectivity index (χ1v) is 22.4. The van der Waals surface area contributed by atoms with Crippen molar-refractivity contribution >= 4 is 51.3 Å². The Balaban J connectivity index is 1.34. The van der Waals surface area contributed by atoms with Gasteiger partial charge in [0.15, 0.2) is 0 Å². The minimum atomic E-state index is 0.0118. The van der Waals surface area contributed by atoms with Gasteiger partial charge in [0.2, 0.25) is 0 Å². The molecule has 0 fully saturated rings. The van der Waals surface area contributed by atoms with E-state index in [4.69, 9.17) is 0 Å². The van der Waals surface area contributed by atoms with Crippen LogP contribution >= 0.6 is 0 Å². The summed E-state index contributed by atoms with van der Waals surface area (Å²) < 4.78 is 13.9. The van der Waals surface area contributed by atoms with Crippen molar-refractivity contribution in [2.24, 2.45) is 28.2 Å². The van der Waals surface area contributed by atoms with E-state index in [2.05, 4.69) is 220 Å². The second-order valence-corrected chi connectivity index (χ2v) is 19.3. The Morgan fingerprint density at radius 3 is 0.825 bits per heavy atom. The Labute approximate surface area is 342 Å². The molecule has 10 heterocycles. The fraction of sp³-hybridized carbons (Fsp3) is 0.0833. The number of fused-ring (bicyclic) bond motifs is 11. The molecule has 0 unspecified atom stereocenters. The quantitative estimate of drug-likeness (QED) is 0.180. The van der Waals surface area contributed by atoms with E-state index >= 15 is 0 Å².